The number of benzene rings is 1. The van der Waals surface area contributed by atoms with Crippen molar-refractivity contribution < 1.29 is 4.92 Å². The molecule has 0 saturated carbocycles. The standard InChI is InChI=1S/C13H14BrN5O2/c1-6-4-9(5-7(2)10(6)14)17-12-11(19(20)21)8(3)16-13(15)18-12/h4-5H,1-3H3,(H3,15,16,17,18). The Labute approximate surface area is 129 Å². The van der Waals surface area contributed by atoms with Crippen LogP contribution in [0.25, 0.3) is 0 Å². The Bertz CT molecular complexity index is 710. The third kappa shape index (κ3) is 3.10. The van der Waals surface area contributed by atoms with Gasteiger partial charge in [-0.15, -0.1) is 0 Å². The van der Waals surface area contributed by atoms with E-state index in [-0.39, 0.29) is 23.1 Å². The molecule has 2 rings (SSSR count). The second-order valence-electron chi connectivity index (χ2n) is 4.67. The molecule has 1 heterocycles. The molecule has 21 heavy (non-hydrogen) atoms. The molecule has 0 aliphatic heterocycles. The fourth-order valence-electron chi connectivity index (χ4n) is 2.05. The summed E-state index contributed by atoms with van der Waals surface area (Å²) in [5.74, 6) is 0.0808. The van der Waals surface area contributed by atoms with Gasteiger partial charge < -0.3 is 11.1 Å². The molecule has 0 atom stereocenters. The van der Waals surface area contributed by atoms with Crippen LogP contribution in [0.2, 0.25) is 0 Å². The van der Waals surface area contributed by atoms with E-state index >= 15 is 0 Å². The zero-order chi connectivity index (χ0) is 15.7. The summed E-state index contributed by atoms with van der Waals surface area (Å²) in [5.41, 5.74) is 8.35. The Morgan fingerprint density at radius 3 is 2.33 bits per heavy atom. The van der Waals surface area contributed by atoms with Gasteiger partial charge in [-0.25, -0.2) is 4.98 Å². The van der Waals surface area contributed by atoms with Crippen molar-refractivity contribution >= 4 is 39.1 Å². The number of nitrogens with two attached hydrogens (primary N) is 1. The predicted octanol–water partition coefficient (Wildman–Crippen LogP) is 3.40. The van der Waals surface area contributed by atoms with E-state index in [0.717, 1.165) is 15.6 Å². The molecule has 1 aromatic carbocycles. The molecular weight excluding hydrogens is 338 g/mol. The number of nitro groups is 1. The van der Waals surface area contributed by atoms with E-state index in [1.165, 1.54) is 6.92 Å². The third-order valence-corrected chi connectivity index (χ3v) is 4.21. The molecular formula is C13H14BrN5O2. The fourth-order valence-corrected chi connectivity index (χ4v) is 2.28. The van der Waals surface area contributed by atoms with E-state index in [4.69, 9.17) is 5.73 Å². The van der Waals surface area contributed by atoms with Crippen LogP contribution in [0.15, 0.2) is 16.6 Å². The van der Waals surface area contributed by atoms with E-state index in [2.05, 4.69) is 31.2 Å². The molecule has 0 radical (unpaired) electrons. The molecule has 0 unspecified atom stereocenters. The van der Waals surface area contributed by atoms with Crippen LogP contribution < -0.4 is 11.1 Å². The molecule has 7 nitrogen and oxygen atoms in total. The summed E-state index contributed by atoms with van der Waals surface area (Å²) >= 11 is 3.48. The first-order valence-corrected chi connectivity index (χ1v) is 6.91. The Balaban J connectivity index is 2.51. The largest absolute Gasteiger partial charge is 0.368 e. The molecule has 2 aromatic rings. The highest BCUT2D eigenvalue weighted by molar-refractivity contribution is 9.10. The summed E-state index contributed by atoms with van der Waals surface area (Å²) in [6.07, 6.45) is 0. The Kier molecular flexibility index (Phi) is 4.08. The van der Waals surface area contributed by atoms with Crippen LogP contribution >= 0.6 is 15.9 Å². The highest BCUT2D eigenvalue weighted by Crippen LogP contribution is 2.31. The first kappa shape index (κ1) is 15.2. The van der Waals surface area contributed by atoms with Crippen molar-refractivity contribution in [2.45, 2.75) is 20.8 Å². The van der Waals surface area contributed by atoms with Gasteiger partial charge in [-0.2, -0.15) is 4.98 Å². The van der Waals surface area contributed by atoms with Gasteiger partial charge in [-0.05, 0) is 44.0 Å². The lowest BCUT2D eigenvalue weighted by atomic mass is 10.1. The van der Waals surface area contributed by atoms with E-state index in [1.807, 2.05) is 26.0 Å². The van der Waals surface area contributed by atoms with Gasteiger partial charge in [-0.3, -0.25) is 10.1 Å². The monoisotopic (exact) mass is 351 g/mol. The molecule has 0 spiro atoms. The third-order valence-electron chi connectivity index (χ3n) is 2.96. The zero-order valence-electron chi connectivity index (χ0n) is 11.8. The molecule has 0 aliphatic rings. The van der Waals surface area contributed by atoms with Gasteiger partial charge in [0.25, 0.3) is 0 Å². The quantitative estimate of drug-likeness (QED) is 0.648. The Morgan fingerprint density at radius 1 is 1.24 bits per heavy atom. The summed E-state index contributed by atoms with van der Waals surface area (Å²) < 4.78 is 1.00. The SMILES string of the molecule is Cc1cc(Nc2nc(N)nc(C)c2[N+](=O)[O-])cc(C)c1Br. The van der Waals surface area contributed by atoms with E-state index in [1.54, 1.807) is 0 Å². The minimum atomic E-state index is -0.518. The maximum atomic E-state index is 11.2. The number of hydrogen-bond acceptors (Lipinski definition) is 6. The van der Waals surface area contributed by atoms with Crippen molar-refractivity contribution in [3.63, 3.8) is 0 Å². The molecule has 0 bridgehead atoms. The van der Waals surface area contributed by atoms with E-state index in [0.29, 0.717) is 5.69 Å². The van der Waals surface area contributed by atoms with Gasteiger partial charge in [0.2, 0.25) is 11.8 Å². The van der Waals surface area contributed by atoms with Gasteiger partial charge in [0.05, 0.1) is 4.92 Å². The van der Waals surface area contributed by atoms with Crippen LogP contribution in [-0.2, 0) is 0 Å². The highest BCUT2D eigenvalue weighted by Gasteiger charge is 2.21. The van der Waals surface area contributed by atoms with Gasteiger partial charge in [0.15, 0.2) is 0 Å². The maximum absolute atomic E-state index is 11.2. The molecule has 0 aliphatic carbocycles. The van der Waals surface area contributed by atoms with Crippen LogP contribution in [0.1, 0.15) is 16.8 Å². The Morgan fingerprint density at radius 2 is 1.81 bits per heavy atom. The van der Waals surface area contributed by atoms with Crippen molar-refractivity contribution in [1.82, 2.24) is 9.97 Å². The van der Waals surface area contributed by atoms with Gasteiger partial charge >= 0.3 is 5.69 Å². The summed E-state index contributed by atoms with van der Waals surface area (Å²) in [7, 11) is 0. The summed E-state index contributed by atoms with van der Waals surface area (Å²) in [6, 6.07) is 3.74. The maximum Gasteiger partial charge on any atom is 0.332 e. The van der Waals surface area contributed by atoms with Crippen LogP contribution in [0.5, 0.6) is 0 Å². The lowest BCUT2D eigenvalue weighted by Gasteiger charge is -2.11. The van der Waals surface area contributed by atoms with Crippen LogP contribution in [0.3, 0.4) is 0 Å². The molecule has 0 saturated heterocycles. The average Bonchev–Trinajstić information content (AvgIpc) is 2.34. The normalized spacial score (nSPS) is 10.5. The van der Waals surface area contributed by atoms with Crippen molar-refractivity contribution in [1.29, 1.82) is 0 Å². The number of nitrogen functional groups attached to an aromatic ring is 1. The molecule has 0 fully saturated rings. The number of nitrogens with one attached hydrogen (secondary N) is 1. The minimum Gasteiger partial charge on any atom is -0.368 e. The van der Waals surface area contributed by atoms with E-state index < -0.39 is 4.92 Å². The fraction of sp³-hybridized carbons (Fsp3) is 0.231. The molecule has 110 valence electrons. The molecule has 0 amide bonds. The smallest absolute Gasteiger partial charge is 0.332 e. The van der Waals surface area contributed by atoms with E-state index in [9.17, 15) is 10.1 Å². The molecule has 8 heteroatoms. The van der Waals surface area contributed by atoms with Crippen molar-refractivity contribution in [2.75, 3.05) is 11.1 Å². The predicted molar refractivity (Wildman–Crippen MR) is 84.7 cm³/mol. The topological polar surface area (TPSA) is 107 Å². The first-order valence-electron chi connectivity index (χ1n) is 6.12. The zero-order valence-corrected chi connectivity index (χ0v) is 13.4. The lowest BCUT2D eigenvalue weighted by Crippen LogP contribution is -2.07. The summed E-state index contributed by atoms with van der Waals surface area (Å²) in [5, 5.41) is 14.1. The number of halogens is 1. The second kappa shape index (κ2) is 5.65. The van der Waals surface area contributed by atoms with Crippen LogP contribution in [-0.4, -0.2) is 14.9 Å². The molecule has 1 aromatic heterocycles. The van der Waals surface area contributed by atoms with Crippen molar-refractivity contribution in [3.05, 3.63) is 43.5 Å². The van der Waals surface area contributed by atoms with Gasteiger partial charge in [0, 0.05) is 10.2 Å². The van der Waals surface area contributed by atoms with Gasteiger partial charge in [-0.1, -0.05) is 15.9 Å². The number of aryl methyl sites for hydroxylation is 3. The number of rotatable bonds is 3. The summed E-state index contributed by atoms with van der Waals surface area (Å²) in [4.78, 5) is 18.4. The number of aromatic nitrogens is 2. The average molecular weight is 352 g/mol. The van der Waals surface area contributed by atoms with Crippen molar-refractivity contribution in [2.24, 2.45) is 0 Å². The second-order valence-corrected chi connectivity index (χ2v) is 5.46. The molecule has 3 N–H and O–H groups in total. The van der Waals surface area contributed by atoms with Crippen LogP contribution in [0.4, 0.5) is 23.1 Å². The van der Waals surface area contributed by atoms with Crippen molar-refractivity contribution in [3.8, 4) is 0 Å². The highest BCUT2D eigenvalue weighted by atomic mass is 79.9. The Hall–Kier alpha value is -2.22. The van der Waals surface area contributed by atoms with Crippen LogP contribution in [0, 0.1) is 30.9 Å². The minimum absolute atomic E-state index is 0.00819. The summed E-state index contributed by atoms with van der Waals surface area (Å²) in [6.45, 7) is 5.41. The number of nitrogens with zero attached hydrogens (tertiary/aromatic N) is 3. The number of hydrogen-bond donors (Lipinski definition) is 2. The van der Waals surface area contributed by atoms with Gasteiger partial charge in [0.1, 0.15) is 5.69 Å². The first-order chi connectivity index (χ1) is 9.79. The lowest BCUT2D eigenvalue weighted by molar-refractivity contribution is -0.385. The number of anilines is 3.